The number of H-pyrrole nitrogens is 1. The highest BCUT2D eigenvalue weighted by Gasteiger charge is 2.48. The molecule has 2 aromatic carbocycles. The molecule has 1 aliphatic heterocycles. The molecule has 4 rings (SSSR count). The Kier molecular flexibility index (Phi) is 4.96. The Morgan fingerprint density at radius 1 is 1.14 bits per heavy atom. The molecule has 2 heterocycles. The van der Waals surface area contributed by atoms with E-state index >= 15 is 0 Å². The molecule has 1 atom stereocenters. The molecule has 152 valence electrons. The first-order chi connectivity index (χ1) is 13.7. The van der Waals surface area contributed by atoms with E-state index in [1.165, 1.54) is 11.8 Å². The number of rotatable bonds is 4. The maximum atomic E-state index is 13.2. The van der Waals surface area contributed by atoms with E-state index in [0.29, 0.717) is 5.75 Å². The van der Waals surface area contributed by atoms with Crippen LogP contribution in [-0.2, 0) is 14.8 Å². The van der Waals surface area contributed by atoms with Crippen LogP contribution in [0.25, 0.3) is 22.0 Å². The Morgan fingerprint density at radius 3 is 2.52 bits per heavy atom. The van der Waals surface area contributed by atoms with Gasteiger partial charge in [-0.15, -0.1) is 0 Å². The van der Waals surface area contributed by atoms with Gasteiger partial charge in [0.15, 0.2) is 0 Å². The Morgan fingerprint density at radius 2 is 1.83 bits per heavy atom. The normalized spacial score (nSPS) is 20.0. The topological polar surface area (TPSA) is 90.5 Å². The monoisotopic (exact) mass is 430 g/mol. The maximum Gasteiger partial charge on any atom is 0.323 e. The van der Waals surface area contributed by atoms with Gasteiger partial charge in [0.2, 0.25) is 10.0 Å². The van der Waals surface area contributed by atoms with Crippen molar-refractivity contribution in [1.82, 2.24) is 9.29 Å². The predicted octanol–water partition coefficient (Wildman–Crippen LogP) is 3.80. The van der Waals surface area contributed by atoms with Crippen LogP contribution in [0.15, 0.2) is 59.6 Å². The van der Waals surface area contributed by atoms with E-state index in [2.05, 4.69) is 4.98 Å². The molecule has 1 unspecified atom stereocenters. The molecule has 0 amide bonds. The first kappa shape index (κ1) is 20.0. The van der Waals surface area contributed by atoms with Gasteiger partial charge < -0.3 is 10.1 Å². The number of fused-ring (bicyclic) bond motifs is 1. The Labute approximate surface area is 174 Å². The van der Waals surface area contributed by atoms with Crippen molar-refractivity contribution < 1.29 is 18.3 Å². The van der Waals surface area contributed by atoms with E-state index in [1.807, 2.05) is 30.5 Å². The van der Waals surface area contributed by atoms with Crippen molar-refractivity contribution in [1.29, 1.82) is 0 Å². The molecule has 1 aromatic heterocycles. The summed E-state index contributed by atoms with van der Waals surface area (Å²) in [6.07, 6.45) is 1.88. The summed E-state index contributed by atoms with van der Waals surface area (Å²) in [5.74, 6) is -0.563. The second-order valence-electron chi connectivity index (χ2n) is 7.61. The predicted molar refractivity (Wildman–Crippen MR) is 116 cm³/mol. The van der Waals surface area contributed by atoms with Gasteiger partial charge >= 0.3 is 5.97 Å². The van der Waals surface area contributed by atoms with Gasteiger partial charge in [-0.3, -0.25) is 4.79 Å². The van der Waals surface area contributed by atoms with E-state index in [0.717, 1.165) is 26.3 Å². The van der Waals surface area contributed by atoms with Crippen molar-refractivity contribution in [2.24, 2.45) is 0 Å². The number of carboxylic acids is 1. The summed E-state index contributed by atoms with van der Waals surface area (Å²) in [6.45, 7) is 3.73. The Balaban J connectivity index is 1.67. The number of nitrogens with one attached hydrogen (secondary N) is 1. The number of aromatic nitrogens is 1. The maximum absolute atomic E-state index is 13.2. The highest BCUT2D eigenvalue weighted by Crippen LogP contribution is 2.38. The molecule has 0 radical (unpaired) electrons. The fraction of sp³-hybridized carbons (Fsp3) is 0.286. The lowest BCUT2D eigenvalue weighted by Gasteiger charge is -2.42. The third-order valence-corrected chi connectivity index (χ3v) is 8.55. The Hall–Kier alpha value is -2.29. The number of nitrogens with zero attached hydrogens (tertiary/aromatic N) is 1. The quantitative estimate of drug-likeness (QED) is 0.657. The molecule has 1 saturated heterocycles. The first-order valence-electron chi connectivity index (χ1n) is 9.26. The van der Waals surface area contributed by atoms with Gasteiger partial charge in [0.25, 0.3) is 0 Å². The molecule has 0 saturated carbocycles. The van der Waals surface area contributed by atoms with Crippen LogP contribution in [0.3, 0.4) is 0 Å². The minimum Gasteiger partial charge on any atom is -0.480 e. The summed E-state index contributed by atoms with van der Waals surface area (Å²) >= 11 is 1.48. The van der Waals surface area contributed by atoms with Crippen LogP contribution in [0, 0.1) is 0 Å². The smallest absolute Gasteiger partial charge is 0.323 e. The van der Waals surface area contributed by atoms with Crippen LogP contribution in [0.5, 0.6) is 0 Å². The minimum atomic E-state index is -3.92. The summed E-state index contributed by atoms with van der Waals surface area (Å²) in [5.41, 5.74) is 2.93. The third-order valence-electron chi connectivity index (χ3n) is 5.31. The number of hydrogen-bond acceptors (Lipinski definition) is 4. The van der Waals surface area contributed by atoms with Crippen molar-refractivity contribution in [3.8, 4) is 11.1 Å². The van der Waals surface area contributed by atoms with Crippen molar-refractivity contribution in [2.45, 2.75) is 29.5 Å². The number of carboxylic acid groups (broad SMARTS) is 1. The van der Waals surface area contributed by atoms with Gasteiger partial charge in [-0.2, -0.15) is 16.1 Å². The molecule has 0 aliphatic carbocycles. The van der Waals surface area contributed by atoms with Crippen LogP contribution in [-0.4, -0.2) is 51.9 Å². The van der Waals surface area contributed by atoms with Gasteiger partial charge in [-0.05, 0) is 60.7 Å². The summed E-state index contributed by atoms with van der Waals surface area (Å²) in [4.78, 5) is 15.1. The van der Waals surface area contributed by atoms with Gasteiger partial charge in [-0.25, -0.2) is 8.42 Å². The van der Waals surface area contributed by atoms with Crippen molar-refractivity contribution in [2.75, 3.05) is 12.3 Å². The molecule has 0 bridgehead atoms. The number of carbonyl (C=O) groups is 1. The molecular weight excluding hydrogens is 408 g/mol. The molecule has 1 fully saturated rings. The largest absolute Gasteiger partial charge is 0.480 e. The summed E-state index contributed by atoms with van der Waals surface area (Å²) < 4.78 is 26.9. The molecule has 8 heteroatoms. The van der Waals surface area contributed by atoms with Crippen molar-refractivity contribution >= 4 is 38.7 Å². The third kappa shape index (κ3) is 3.56. The molecule has 3 aromatic rings. The van der Waals surface area contributed by atoms with Crippen LogP contribution in [0.2, 0.25) is 0 Å². The molecule has 2 N–H and O–H groups in total. The highest BCUT2D eigenvalue weighted by atomic mass is 32.2. The fourth-order valence-electron chi connectivity index (χ4n) is 3.82. The molecule has 1 aliphatic rings. The zero-order chi connectivity index (χ0) is 20.8. The average molecular weight is 431 g/mol. The molecule has 29 heavy (non-hydrogen) atoms. The van der Waals surface area contributed by atoms with E-state index < -0.39 is 26.8 Å². The second-order valence-corrected chi connectivity index (χ2v) is 11.3. The standard InChI is InChI=1S/C21H22N2O4S2/c1-21(2)19(20(24)25)23(11-12-28-21)29(26,27)17-6-3-14(4-7-17)15-5-8-18-16(13-15)9-10-22-18/h3-10,13,19,22H,11-12H2,1-2H3,(H,24,25). The molecule has 0 spiro atoms. The fourth-order valence-corrected chi connectivity index (χ4v) is 6.92. The van der Waals surface area contributed by atoms with Gasteiger partial charge in [-0.1, -0.05) is 18.2 Å². The lowest BCUT2D eigenvalue weighted by Crippen LogP contribution is -2.58. The Bertz CT molecular complexity index is 1170. The molecular formula is C21H22N2O4S2. The van der Waals surface area contributed by atoms with E-state index in [-0.39, 0.29) is 11.4 Å². The van der Waals surface area contributed by atoms with E-state index in [1.54, 1.807) is 38.1 Å². The number of aliphatic carboxylic acids is 1. The van der Waals surface area contributed by atoms with Crippen LogP contribution in [0.1, 0.15) is 13.8 Å². The SMILES string of the molecule is CC1(C)SCCN(S(=O)(=O)c2ccc(-c3ccc4[nH]ccc4c3)cc2)C1C(=O)O. The first-order valence-corrected chi connectivity index (χ1v) is 11.7. The van der Waals surface area contributed by atoms with Crippen molar-refractivity contribution in [3.05, 3.63) is 54.7 Å². The van der Waals surface area contributed by atoms with Gasteiger partial charge in [0.05, 0.1) is 4.90 Å². The average Bonchev–Trinajstić information content (AvgIpc) is 3.14. The lowest BCUT2D eigenvalue weighted by atomic mass is 10.0. The number of aromatic amines is 1. The zero-order valence-electron chi connectivity index (χ0n) is 16.1. The van der Waals surface area contributed by atoms with Gasteiger partial charge in [0, 0.05) is 28.8 Å². The van der Waals surface area contributed by atoms with Crippen LogP contribution < -0.4 is 0 Å². The van der Waals surface area contributed by atoms with E-state index in [4.69, 9.17) is 0 Å². The molecule has 6 nitrogen and oxygen atoms in total. The van der Waals surface area contributed by atoms with Crippen LogP contribution in [0.4, 0.5) is 0 Å². The number of thioether (sulfide) groups is 1. The van der Waals surface area contributed by atoms with E-state index in [9.17, 15) is 18.3 Å². The number of sulfonamides is 1. The summed E-state index contributed by atoms with van der Waals surface area (Å²) in [7, 11) is -3.92. The second kappa shape index (κ2) is 7.19. The zero-order valence-corrected chi connectivity index (χ0v) is 17.8. The van der Waals surface area contributed by atoms with Gasteiger partial charge in [0.1, 0.15) is 6.04 Å². The number of benzene rings is 2. The lowest BCUT2D eigenvalue weighted by molar-refractivity contribution is -0.142. The number of hydrogen-bond donors (Lipinski definition) is 2. The van der Waals surface area contributed by atoms with Crippen molar-refractivity contribution in [3.63, 3.8) is 0 Å². The van der Waals surface area contributed by atoms with Crippen LogP contribution >= 0.6 is 11.8 Å². The highest BCUT2D eigenvalue weighted by molar-refractivity contribution is 8.00. The summed E-state index contributed by atoms with van der Waals surface area (Å²) in [5, 5.41) is 10.8. The minimum absolute atomic E-state index is 0.109. The summed E-state index contributed by atoms with van der Waals surface area (Å²) in [6, 6.07) is 13.5.